The Kier molecular flexibility index (Phi) is 4.35. The average molecular weight is 366 g/mol. The van der Waals surface area contributed by atoms with Crippen LogP contribution in [0.2, 0.25) is 0 Å². The van der Waals surface area contributed by atoms with Gasteiger partial charge < -0.3 is 4.52 Å². The van der Waals surface area contributed by atoms with E-state index in [9.17, 15) is 5.26 Å². The molecule has 23 heavy (non-hydrogen) atoms. The van der Waals surface area contributed by atoms with Crippen molar-refractivity contribution in [3.05, 3.63) is 70.0 Å². The van der Waals surface area contributed by atoms with E-state index in [4.69, 9.17) is 4.52 Å². The molecule has 1 heterocycles. The molecule has 0 bridgehead atoms. The first-order valence-corrected chi connectivity index (χ1v) is 7.73. The van der Waals surface area contributed by atoms with Gasteiger partial charge in [0.2, 0.25) is 5.82 Å². The first-order valence-electron chi connectivity index (χ1n) is 6.94. The Hall–Kier alpha value is -2.71. The number of nitriles is 1. The summed E-state index contributed by atoms with van der Waals surface area (Å²) in [6, 6.07) is 17.6. The fourth-order valence-corrected chi connectivity index (χ4v) is 2.47. The molecule has 112 valence electrons. The third-order valence-electron chi connectivity index (χ3n) is 3.25. The largest absolute Gasteiger partial charge is 0.333 e. The molecule has 0 aliphatic rings. The van der Waals surface area contributed by atoms with Crippen molar-refractivity contribution in [1.29, 1.82) is 5.26 Å². The van der Waals surface area contributed by atoms with Crippen LogP contribution in [0, 0.1) is 18.3 Å². The highest BCUT2D eigenvalue weighted by molar-refractivity contribution is 9.10. The quantitative estimate of drug-likeness (QED) is 0.621. The van der Waals surface area contributed by atoms with Crippen LogP contribution in [0.3, 0.4) is 0 Å². The molecule has 0 radical (unpaired) electrons. The van der Waals surface area contributed by atoms with Crippen LogP contribution in [-0.2, 0) is 0 Å². The highest BCUT2D eigenvalue weighted by atomic mass is 79.9. The molecule has 0 aliphatic carbocycles. The summed E-state index contributed by atoms with van der Waals surface area (Å²) in [6.45, 7) is 2.01. The highest BCUT2D eigenvalue weighted by Crippen LogP contribution is 2.22. The minimum atomic E-state index is 0.211. The van der Waals surface area contributed by atoms with Gasteiger partial charge >= 0.3 is 0 Å². The van der Waals surface area contributed by atoms with Gasteiger partial charge in [-0.3, -0.25) is 0 Å². The smallest absolute Gasteiger partial charge is 0.268 e. The SMILES string of the molecule is Cc1ccc(-c2noc(/C(C#N)=C/c3cccc(Br)c3)n2)cc1. The van der Waals surface area contributed by atoms with Gasteiger partial charge in [-0.05, 0) is 30.7 Å². The summed E-state index contributed by atoms with van der Waals surface area (Å²) in [5.74, 6) is 0.679. The van der Waals surface area contributed by atoms with E-state index >= 15 is 0 Å². The molecule has 0 saturated heterocycles. The molecule has 1 aromatic heterocycles. The highest BCUT2D eigenvalue weighted by Gasteiger charge is 2.12. The lowest BCUT2D eigenvalue weighted by Crippen LogP contribution is -1.84. The molecule has 3 aromatic rings. The molecule has 3 rings (SSSR count). The van der Waals surface area contributed by atoms with Crippen LogP contribution in [0.4, 0.5) is 0 Å². The van der Waals surface area contributed by atoms with Gasteiger partial charge in [0.05, 0.1) is 0 Å². The Morgan fingerprint density at radius 1 is 1.22 bits per heavy atom. The summed E-state index contributed by atoms with van der Waals surface area (Å²) in [5.41, 5.74) is 3.22. The van der Waals surface area contributed by atoms with E-state index in [1.807, 2.05) is 55.5 Å². The van der Waals surface area contributed by atoms with E-state index in [1.165, 1.54) is 0 Å². The minimum absolute atomic E-state index is 0.211. The van der Waals surface area contributed by atoms with E-state index in [-0.39, 0.29) is 5.89 Å². The van der Waals surface area contributed by atoms with Crippen LogP contribution < -0.4 is 0 Å². The second kappa shape index (κ2) is 6.59. The summed E-state index contributed by atoms with van der Waals surface area (Å²) in [5, 5.41) is 13.3. The first kappa shape index (κ1) is 15.2. The predicted octanol–water partition coefficient (Wildman–Crippen LogP) is 4.87. The summed E-state index contributed by atoms with van der Waals surface area (Å²) in [4.78, 5) is 4.32. The van der Waals surface area contributed by atoms with Gasteiger partial charge in [-0.2, -0.15) is 10.2 Å². The maximum Gasteiger partial charge on any atom is 0.268 e. The van der Waals surface area contributed by atoms with Gasteiger partial charge in [-0.1, -0.05) is 63.0 Å². The Balaban J connectivity index is 1.94. The van der Waals surface area contributed by atoms with E-state index < -0.39 is 0 Å². The molecule has 0 unspecified atom stereocenters. The van der Waals surface area contributed by atoms with Crippen molar-refractivity contribution in [3.63, 3.8) is 0 Å². The van der Waals surface area contributed by atoms with E-state index in [1.54, 1.807) is 6.08 Å². The normalized spacial score (nSPS) is 11.3. The van der Waals surface area contributed by atoms with Gasteiger partial charge in [0, 0.05) is 10.0 Å². The van der Waals surface area contributed by atoms with Crippen molar-refractivity contribution in [2.24, 2.45) is 0 Å². The Morgan fingerprint density at radius 2 is 2.00 bits per heavy atom. The summed E-state index contributed by atoms with van der Waals surface area (Å²) < 4.78 is 6.18. The molecule has 0 fully saturated rings. The van der Waals surface area contributed by atoms with Gasteiger partial charge in [-0.25, -0.2) is 0 Å². The molecule has 0 N–H and O–H groups in total. The second-order valence-corrected chi connectivity index (χ2v) is 5.93. The molecule has 5 heteroatoms. The number of aromatic nitrogens is 2. The van der Waals surface area contributed by atoms with Gasteiger partial charge in [0.25, 0.3) is 5.89 Å². The summed E-state index contributed by atoms with van der Waals surface area (Å²) in [6.07, 6.45) is 1.72. The third-order valence-corrected chi connectivity index (χ3v) is 3.74. The van der Waals surface area contributed by atoms with Crippen LogP contribution in [0.15, 0.2) is 57.5 Å². The number of aryl methyl sites for hydroxylation is 1. The molecule has 0 spiro atoms. The number of hydrogen-bond acceptors (Lipinski definition) is 4. The lowest BCUT2D eigenvalue weighted by Gasteiger charge is -1.96. The van der Waals surface area contributed by atoms with Crippen LogP contribution in [0.1, 0.15) is 17.0 Å². The van der Waals surface area contributed by atoms with Gasteiger partial charge in [-0.15, -0.1) is 0 Å². The number of allylic oxidation sites excluding steroid dienone is 1. The zero-order chi connectivity index (χ0) is 16.2. The standard InChI is InChI=1S/C18H12BrN3O/c1-12-5-7-14(8-6-12)17-21-18(23-22-17)15(11-20)9-13-3-2-4-16(19)10-13/h2-10H,1H3/b15-9+. The van der Waals surface area contributed by atoms with Crippen LogP contribution in [-0.4, -0.2) is 10.1 Å². The van der Waals surface area contributed by atoms with E-state index in [0.29, 0.717) is 11.4 Å². The van der Waals surface area contributed by atoms with Gasteiger partial charge in [0.15, 0.2) is 0 Å². The average Bonchev–Trinajstić information content (AvgIpc) is 3.03. The number of hydrogen-bond donors (Lipinski definition) is 0. The molecule has 2 aromatic carbocycles. The van der Waals surface area contributed by atoms with Crippen molar-refractivity contribution < 1.29 is 4.52 Å². The van der Waals surface area contributed by atoms with E-state index in [0.717, 1.165) is 21.2 Å². The Labute approximate surface area is 142 Å². The fourth-order valence-electron chi connectivity index (χ4n) is 2.06. The lowest BCUT2D eigenvalue weighted by atomic mass is 10.1. The summed E-state index contributed by atoms with van der Waals surface area (Å²) >= 11 is 3.41. The van der Waals surface area contributed by atoms with Crippen LogP contribution >= 0.6 is 15.9 Å². The van der Waals surface area contributed by atoms with Crippen molar-refractivity contribution in [1.82, 2.24) is 10.1 Å². The topological polar surface area (TPSA) is 62.7 Å². The van der Waals surface area contributed by atoms with E-state index in [2.05, 4.69) is 32.1 Å². The fraction of sp³-hybridized carbons (Fsp3) is 0.0556. The monoisotopic (exact) mass is 365 g/mol. The molecule has 0 atom stereocenters. The van der Waals surface area contributed by atoms with Crippen molar-refractivity contribution >= 4 is 27.6 Å². The van der Waals surface area contributed by atoms with Crippen molar-refractivity contribution in [3.8, 4) is 17.5 Å². The molecular weight excluding hydrogens is 354 g/mol. The molecule has 0 aliphatic heterocycles. The zero-order valence-electron chi connectivity index (χ0n) is 12.3. The zero-order valence-corrected chi connectivity index (χ0v) is 13.9. The van der Waals surface area contributed by atoms with Crippen molar-refractivity contribution in [2.45, 2.75) is 6.92 Å². The van der Waals surface area contributed by atoms with Crippen LogP contribution in [0.25, 0.3) is 23.0 Å². The molecular formula is C18H12BrN3O. The third kappa shape index (κ3) is 3.55. The maximum absolute atomic E-state index is 9.37. The first-order chi connectivity index (χ1) is 11.2. The van der Waals surface area contributed by atoms with Gasteiger partial charge in [0.1, 0.15) is 11.6 Å². The lowest BCUT2D eigenvalue weighted by molar-refractivity contribution is 0.409. The van der Waals surface area contributed by atoms with Crippen LogP contribution in [0.5, 0.6) is 0 Å². The maximum atomic E-state index is 9.37. The number of nitrogens with zero attached hydrogens (tertiary/aromatic N) is 3. The van der Waals surface area contributed by atoms with Crippen molar-refractivity contribution in [2.75, 3.05) is 0 Å². The Morgan fingerprint density at radius 3 is 2.70 bits per heavy atom. The predicted molar refractivity (Wildman–Crippen MR) is 92.1 cm³/mol. The molecule has 0 saturated carbocycles. The number of benzene rings is 2. The minimum Gasteiger partial charge on any atom is -0.333 e. The Bertz CT molecular complexity index is 905. The summed E-state index contributed by atoms with van der Waals surface area (Å²) in [7, 11) is 0. The molecule has 4 nitrogen and oxygen atoms in total. The molecule has 0 amide bonds. The number of rotatable bonds is 3. The number of halogens is 1. The second-order valence-electron chi connectivity index (χ2n) is 5.01.